The molecule has 3 N–H and O–H groups in total. The molecule has 0 bridgehead atoms. The van der Waals surface area contributed by atoms with E-state index >= 15 is 0 Å². The van der Waals surface area contributed by atoms with Gasteiger partial charge in [-0.2, -0.15) is 13.2 Å². The van der Waals surface area contributed by atoms with Crippen LogP contribution in [-0.2, 0) is 25.9 Å². The molecule has 0 heterocycles. The van der Waals surface area contributed by atoms with Crippen LogP contribution in [0.15, 0.2) is 53.5 Å². The van der Waals surface area contributed by atoms with E-state index in [-0.39, 0.29) is 37.1 Å². The summed E-state index contributed by atoms with van der Waals surface area (Å²) >= 11 is 0. The van der Waals surface area contributed by atoms with Crippen molar-refractivity contribution in [2.24, 2.45) is 4.99 Å². The Morgan fingerprint density at radius 1 is 1.04 bits per heavy atom. The number of alkyl halides is 3. The second-order valence-corrected chi connectivity index (χ2v) is 5.67. The summed E-state index contributed by atoms with van der Waals surface area (Å²) in [5, 5.41) is 15.6. The van der Waals surface area contributed by atoms with E-state index in [0.29, 0.717) is 24.6 Å². The van der Waals surface area contributed by atoms with Crippen molar-refractivity contribution in [3.05, 3.63) is 70.8 Å². The van der Waals surface area contributed by atoms with Gasteiger partial charge in [0.05, 0.1) is 18.7 Å². The molecule has 4 nitrogen and oxygen atoms in total. The molecular formula is C19H23F3IN3O. The van der Waals surface area contributed by atoms with E-state index in [4.69, 9.17) is 0 Å². The molecule has 0 fully saturated rings. The van der Waals surface area contributed by atoms with Crippen molar-refractivity contribution in [2.75, 3.05) is 6.54 Å². The van der Waals surface area contributed by atoms with Gasteiger partial charge in [-0.05, 0) is 35.7 Å². The lowest BCUT2D eigenvalue weighted by atomic mass is 10.1. The fourth-order valence-electron chi connectivity index (χ4n) is 2.42. The van der Waals surface area contributed by atoms with Gasteiger partial charge in [-0.15, -0.1) is 24.0 Å². The lowest BCUT2D eigenvalue weighted by Gasteiger charge is -2.13. The molecule has 0 saturated heterocycles. The molecule has 2 rings (SSSR count). The number of nitrogens with zero attached hydrogens (tertiary/aromatic N) is 1. The van der Waals surface area contributed by atoms with Crippen LogP contribution in [0.1, 0.15) is 29.2 Å². The van der Waals surface area contributed by atoms with Crippen LogP contribution in [-0.4, -0.2) is 17.6 Å². The van der Waals surface area contributed by atoms with Crippen LogP contribution < -0.4 is 10.6 Å². The first-order valence-electron chi connectivity index (χ1n) is 8.30. The quantitative estimate of drug-likeness (QED) is 0.323. The van der Waals surface area contributed by atoms with Crippen molar-refractivity contribution in [1.82, 2.24) is 10.6 Å². The van der Waals surface area contributed by atoms with E-state index in [0.717, 1.165) is 23.3 Å². The third-order valence-electron chi connectivity index (χ3n) is 3.75. The van der Waals surface area contributed by atoms with Gasteiger partial charge in [-0.1, -0.05) is 36.4 Å². The maximum Gasteiger partial charge on any atom is 0.416 e. The summed E-state index contributed by atoms with van der Waals surface area (Å²) in [7, 11) is 0. The molecule has 0 amide bonds. The number of aliphatic imine (C=N–C) groups is 1. The lowest BCUT2D eigenvalue weighted by Crippen LogP contribution is -2.37. The van der Waals surface area contributed by atoms with E-state index < -0.39 is 11.7 Å². The molecule has 0 aromatic heterocycles. The molecule has 2 aromatic carbocycles. The summed E-state index contributed by atoms with van der Waals surface area (Å²) in [5.74, 6) is 0.498. The van der Waals surface area contributed by atoms with Crippen LogP contribution in [0.3, 0.4) is 0 Å². The largest absolute Gasteiger partial charge is 0.416 e. The molecule has 8 heteroatoms. The smallest absolute Gasteiger partial charge is 0.392 e. The zero-order valence-electron chi connectivity index (χ0n) is 14.9. The topological polar surface area (TPSA) is 56.7 Å². The van der Waals surface area contributed by atoms with Crippen molar-refractivity contribution in [3.8, 4) is 0 Å². The van der Waals surface area contributed by atoms with E-state index in [1.54, 1.807) is 6.07 Å². The first-order chi connectivity index (χ1) is 12.4. The minimum atomic E-state index is -4.36. The first kappa shape index (κ1) is 23.2. The standard InChI is InChI=1S/C19H22F3N3O.HI/c1-2-23-18(25-12-15-7-3-4-8-16(15)13-26)24-11-14-6-5-9-17(10-14)19(20,21)22;/h3-10,26H,2,11-13H2,1H3,(H2,23,24,25);1H. The SMILES string of the molecule is CCNC(=NCc1cccc(C(F)(F)F)c1)NCc1ccccc1CO.I. The fourth-order valence-corrected chi connectivity index (χ4v) is 2.42. The van der Waals surface area contributed by atoms with Crippen molar-refractivity contribution in [3.63, 3.8) is 0 Å². The molecule has 0 unspecified atom stereocenters. The van der Waals surface area contributed by atoms with Crippen LogP contribution in [0.2, 0.25) is 0 Å². The van der Waals surface area contributed by atoms with Gasteiger partial charge in [0.1, 0.15) is 0 Å². The summed E-state index contributed by atoms with van der Waals surface area (Å²) < 4.78 is 38.4. The molecule has 27 heavy (non-hydrogen) atoms. The highest BCUT2D eigenvalue weighted by Gasteiger charge is 2.30. The number of aliphatic hydroxyl groups is 1. The van der Waals surface area contributed by atoms with Gasteiger partial charge in [0.25, 0.3) is 0 Å². The van der Waals surface area contributed by atoms with Crippen LogP contribution >= 0.6 is 24.0 Å². The Bertz CT molecular complexity index is 751. The van der Waals surface area contributed by atoms with Crippen molar-refractivity contribution in [2.45, 2.75) is 32.8 Å². The molecule has 0 aliphatic heterocycles. The van der Waals surface area contributed by atoms with E-state index in [1.807, 2.05) is 31.2 Å². The monoisotopic (exact) mass is 493 g/mol. The summed E-state index contributed by atoms with van der Waals surface area (Å²) in [4.78, 5) is 4.34. The Hall–Kier alpha value is -1.81. The number of halogens is 4. The summed E-state index contributed by atoms with van der Waals surface area (Å²) in [6.07, 6.45) is -4.36. The summed E-state index contributed by atoms with van der Waals surface area (Å²) in [6.45, 7) is 3.04. The summed E-state index contributed by atoms with van der Waals surface area (Å²) in [6, 6.07) is 12.6. The van der Waals surface area contributed by atoms with Crippen molar-refractivity contribution in [1.29, 1.82) is 0 Å². The van der Waals surface area contributed by atoms with Gasteiger partial charge in [0.2, 0.25) is 0 Å². The third kappa shape index (κ3) is 7.37. The normalized spacial score (nSPS) is 11.7. The Morgan fingerprint density at radius 3 is 2.37 bits per heavy atom. The first-order valence-corrected chi connectivity index (χ1v) is 8.30. The minimum Gasteiger partial charge on any atom is -0.392 e. The zero-order chi connectivity index (χ0) is 19.0. The average Bonchev–Trinajstić information content (AvgIpc) is 2.63. The molecule has 0 saturated carbocycles. The van der Waals surface area contributed by atoms with Gasteiger partial charge < -0.3 is 15.7 Å². The van der Waals surface area contributed by atoms with Crippen molar-refractivity contribution >= 4 is 29.9 Å². The third-order valence-corrected chi connectivity index (χ3v) is 3.75. The second-order valence-electron chi connectivity index (χ2n) is 5.67. The number of hydrogen-bond donors (Lipinski definition) is 3. The molecule has 0 aliphatic carbocycles. The molecule has 0 spiro atoms. The number of nitrogens with one attached hydrogen (secondary N) is 2. The highest BCUT2D eigenvalue weighted by atomic mass is 127. The maximum atomic E-state index is 12.8. The van der Waals surface area contributed by atoms with E-state index in [2.05, 4.69) is 15.6 Å². The van der Waals surface area contributed by atoms with Gasteiger partial charge >= 0.3 is 6.18 Å². The second kappa shape index (κ2) is 11.1. The Labute approximate surface area is 173 Å². The van der Waals surface area contributed by atoms with Gasteiger partial charge in [-0.25, -0.2) is 4.99 Å². The van der Waals surface area contributed by atoms with Crippen LogP contribution in [0, 0.1) is 0 Å². The van der Waals surface area contributed by atoms with Gasteiger partial charge in [0.15, 0.2) is 5.96 Å². The van der Waals surface area contributed by atoms with Crippen LogP contribution in [0.25, 0.3) is 0 Å². The minimum absolute atomic E-state index is 0. The lowest BCUT2D eigenvalue weighted by molar-refractivity contribution is -0.137. The number of guanidine groups is 1. The molecule has 0 aliphatic rings. The predicted molar refractivity (Wildman–Crippen MR) is 111 cm³/mol. The predicted octanol–water partition coefficient (Wildman–Crippen LogP) is 4.07. The number of benzene rings is 2. The molecule has 148 valence electrons. The Balaban J connectivity index is 0.00000364. The molecule has 0 atom stereocenters. The number of hydrogen-bond acceptors (Lipinski definition) is 2. The fraction of sp³-hybridized carbons (Fsp3) is 0.316. The van der Waals surface area contributed by atoms with Crippen LogP contribution in [0.5, 0.6) is 0 Å². The highest BCUT2D eigenvalue weighted by Crippen LogP contribution is 2.29. The average molecular weight is 493 g/mol. The molecule has 0 radical (unpaired) electrons. The number of aliphatic hydroxyl groups excluding tert-OH is 1. The van der Waals surface area contributed by atoms with Crippen molar-refractivity contribution < 1.29 is 18.3 Å². The van der Waals surface area contributed by atoms with Gasteiger partial charge in [0, 0.05) is 13.1 Å². The Kier molecular flexibility index (Phi) is 9.57. The Morgan fingerprint density at radius 2 is 1.74 bits per heavy atom. The van der Waals surface area contributed by atoms with Crippen LogP contribution in [0.4, 0.5) is 13.2 Å². The molecule has 2 aromatic rings. The van der Waals surface area contributed by atoms with E-state index in [1.165, 1.54) is 6.07 Å². The van der Waals surface area contributed by atoms with Gasteiger partial charge in [-0.3, -0.25) is 0 Å². The highest BCUT2D eigenvalue weighted by molar-refractivity contribution is 14.0. The maximum absolute atomic E-state index is 12.8. The summed E-state index contributed by atoms with van der Waals surface area (Å²) in [5.41, 5.74) is 1.54. The van der Waals surface area contributed by atoms with E-state index in [9.17, 15) is 18.3 Å². The number of rotatable bonds is 6. The zero-order valence-corrected chi connectivity index (χ0v) is 17.2. The molecular weight excluding hydrogens is 470 g/mol.